The van der Waals surface area contributed by atoms with Crippen LogP contribution in [0.4, 0.5) is 5.69 Å². The Bertz CT molecular complexity index is 1010. The molecule has 1 saturated carbocycles. The van der Waals surface area contributed by atoms with Crippen LogP contribution in [-0.4, -0.2) is 40.7 Å². The van der Waals surface area contributed by atoms with Crippen molar-refractivity contribution in [3.05, 3.63) is 59.7 Å². The van der Waals surface area contributed by atoms with Crippen molar-refractivity contribution < 1.29 is 23.9 Å². The summed E-state index contributed by atoms with van der Waals surface area (Å²) in [7, 11) is 0. The second kappa shape index (κ2) is 7.74. The van der Waals surface area contributed by atoms with Crippen molar-refractivity contribution in [3.63, 3.8) is 0 Å². The van der Waals surface area contributed by atoms with Crippen molar-refractivity contribution in [1.29, 1.82) is 0 Å². The maximum absolute atomic E-state index is 13.2. The van der Waals surface area contributed by atoms with Crippen LogP contribution in [0.5, 0.6) is 5.75 Å². The molecule has 30 heavy (non-hydrogen) atoms. The fourth-order valence-electron chi connectivity index (χ4n) is 3.69. The molecule has 2 aromatic rings. The van der Waals surface area contributed by atoms with E-state index in [-0.39, 0.29) is 24.3 Å². The summed E-state index contributed by atoms with van der Waals surface area (Å²) in [6.07, 6.45) is 1.61. The fraction of sp³-hybridized carbons (Fsp3) is 0.304. The molecule has 0 aromatic heterocycles. The Morgan fingerprint density at radius 2 is 1.63 bits per heavy atom. The molecule has 2 aromatic carbocycles. The molecule has 1 saturated heterocycles. The third-order valence-electron chi connectivity index (χ3n) is 5.29. The molecule has 3 amide bonds. The zero-order valence-electron chi connectivity index (χ0n) is 16.8. The van der Waals surface area contributed by atoms with Gasteiger partial charge in [0.25, 0.3) is 11.8 Å². The van der Waals surface area contributed by atoms with Crippen LogP contribution in [0.25, 0.3) is 0 Å². The van der Waals surface area contributed by atoms with Crippen LogP contribution >= 0.6 is 0 Å². The third kappa shape index (κ3) is 3.83. The van der Waals surface area contributed by atoms with Gasteiger partial charge in [-0.15, -0.1) is 0 Å². The van der Waals surface area contributed by atoms with Crippen LogP contribution in [0.15, 0.2) is 48.5 Å². The second-order valence-electron chi connectivity index (χ2n) is 7.68. The van der Waals surface area contributed by atoms with E-state index in [0.717, 1.165) is 23.3 Å². The molecule has 0 radical (unpaired) electrons. The average Bonchev–Trinajstić information content (AvgIpc) is 3.49. The van der Waals surface area contributed by atoms with Gasteiger partial charge in [-0.2, -0.15) is 0 Å². The van der Waals surface area contributed by atoms with Crippen molar-refractivity contribution in [2.45, 2.75) is 45.2 Å². The van der Waals surface area contributed by atoms with E-state index < -0.39 is 17.9 Å². The Morgan fingerprint density at radius 1 is 1.00 bits per heavy atom. The summed E-state index contributed by atoms with van der Waals surface area (Å²) in [5, 5.41) is 0. The number of carbonyl (C=O) groups excluding carboxylic acids is 4. The van der Waals surface area contributed by atoms with Gasteiger partial charge in [0.1, 0.15) is 11.8 Å². The molecular formula is C23H22N2O5. The van der Waals surface area contributed by atoms with Gasteiger partial charge < -0.3 is 9.64 Å². The molecule has 7 nitrogen and oxygen atoms in total. The second-order valence-corrected chi connectivity index (χ2v) is 7.68. The lowest BCUT2D eigenvalue weighted by Gasteiger charge is -2.27. The molecule has 2 fully saturated rings. The zero-order chi connectivity index (χ0) is 21.4. The molecule has 1 aliphatic carbocycles. The molecule has 1 heterocycles. The minimum absolute atomic E-state index is 0.0214. The van der Waals surface area contributed by atoms with E-state index in [2.05, 4.69) is 0 Å². The number of esters is 1. The molecule has 4 rings (SSSR count). The minimum atomic E-state index is -0.813. The summed E-state index contributed by atoms with van der Waals surface area (Å²) in [6, 6.07) is 12.5. The molecule has 1 atom stereocenters. The number of rotatable bonds is 5. The monoisotopic (exact) mass is 406 g/mol. The van der Waals surface area contributed by atoms with Gasteiger partial charge >= 0.3 is 5.97 Å². The van der Waals surface area contributed by atoms with E-state index in [9.17, 15) is 19.2 Å². The average molecular weight is 406 g/mol. The number of ether oxygens (including phenoxy) is 1. The van der Waals surface area contributed by atoms with Crippen LogP contribution in [0.1, 0.15) is 42.1 Å². The lowest BCUT2D eigenvalue weighted by molar-refractivity contribution is -0.132. The Kier molecular flexibility index (Phi) is 5.11. The Balaban J connectivity index is 1.58. The van der Waals surface area contributed by atoms with E-state index >= 15 is 0 Å². The minimum Gasteiger partial charge on any atom is -0.427 e. The zero-order valence-corrected chi connectivity index (χ0v) is 16.8. The van der Waals surface area contributed by atoms with Gasteiger partial charge in [0.15, 0.2) is 0 Å². The number of aryl methyl sites for hydroxylation is 1. The fourth-order valence-corrected chi connectivity index (χ4v) is 3.69. The van der Waals surface area contributed by atoms with E-state index in [4.69, 9.17) is 4.74 Å². The molecule has 2 aliphatic rings. The van der Waals surface area contributed by atoms with Gasteiger partial charge in [-0.05, 0) is 56.2 Å². The number of hydrogen-bond acceptors (Lipinski definition) is 5. The Labute approximate surface area is 174 Å². The van der Waals surface area contributed by atoms with E-state index in [1.54, 1.807) is 29.2 Å². The number of amides is 3. The van der Waals surface area contributed by atoms with Gasteiger partial charge in [0.2, 0.25) is 5.91 Å². The number of nitrogens with zero attached hydrogens (tertiary/aromatic N) is 2. The van der Waals surface area contributed by atoms with Gasteiger partial charge in [-0.25, -0.2) is 4.90 Å². The molecule has 0 spiro atoms. The summed E-state index contributed by atoms with van der Waals surface area (Å²) in [6.45, 7) is 3.24. The largest absolute Gasteiger partial charge is 0.427 e. The van der Waals surface area contributed by atoms with Gasteiger partial charge in [-0.3, -0.25) is 19.2 Å². The van der Waals surface area contributed by atoms with Crippen molar-refractivity contribution >= 4 is 29.4 Å². The van der Waals surface area contributed by atoms with Crippen molar-refractivity contribution in [2.75, 3.05) is 4.90 Å². The highest BCUT2D eigenvalue weighted by molar-refractivity contribution is 6.23. The first-order valence-electron chi connectivity index (χ1n) is 9.90. The predicted molar refractivity (Wildman–Crippen MR) is 109 cm³/mol. The first kappa shape index (κ1) is 19.8. The molecule has 0 N–H and O–H groups in total. The first-order valence-corrected chi connectivity index (χ1v) is 9.90. The molecule has 154 valence electrons. The summed E-state index contributed by atoms with van der Waals surface area (Å²) >= 11 is 0. The molecular weight excluding hydrogens is 384 g/mol. The Hall–Kier alpha value is -3.48. The predicted octanol–water partition coefficient (Wildman–Crippen LogP) is 2.86. The highest BCUT2D eigenvalue weighted by atomic mass is 16.5. The quantitative estimate of drug-likeness (QED) is 0.433. The molecule has 1 unspecified atom stereocenters. The lowest BCUT2D eigenvalue weighted by Crippen LogP contribution is -2.46. The van der Waals surface area contributed by atoms with E-state index in [1.165, 1.54) is 19.1 Å². The van der Waals surface area contributed by atoms with Crippen LogP contribution in [-0.2, 0) is 14.4 Å². The number of imide groups is 1. The van der Waals surface area contributed by atoms with Crippen molar-refractivity contribution in [1.82, 2.24) is 4.90 Å². The maximum atomic E-state index is 13.2. The Morgan fingerprint density at radius 3 is 2.20 bits per heavy atom. The molecule has 1 aliphatic heterocycles. The van der Waals surface area contributed by atoms with Crippen molar-refractivity contribution in [2.24, 2.45) is 0 Å². The highest BCUT2D eigenvalue weighted by Crippen LogP contribution is 2.35. The smallest absolute Gasteiger partial charge is 0.308 e. The normalized spacial score (nSPS) is 18.5. The number of hydrogen-bond donors (Lipinski definition) is 0. The van der Waals surface area contributed by atoms with Crippen LogP contribution in [0.2, 0.25) is 0 Å². The van der Waals surface area contributed by atoms with Gasteiger partial charge in [0.05, 0.1) is 12.1 Å². The molecule has 0 bridgehead atoms. The molecule has 7 heteroatoms. The van der Waals surface area contributed by atoms with Crippen molar-refractivity contribution in [3.8, 4) is 5.75 Å². The first-order chi connectivity index (χ1) is 14.3. The maximum Gasteiger partial charge on any atom is 0.308 e. The summed E-state index contributed by atoms with van der Waals surface area (Å²) in [4.78, 5) is 52.8. The highest BCUT2D eigenvalue weighted by Gasteiger charge is 2.48. The van der Waals surface area contributed by atoms with Crippen LogP contribution in [0.3, 0.4) is 0 Å². The summed E-state index contributed by atoms with van der Waals surface area (Å²) in [5.41, 5.74) is 1.94. The lowest BCUT2D eigenvalue weighted by atomic mass is 10.1. The summed E-state index contributed by atoms with van der Waals surface area (Å²) < 4.78 is 4.99. The van der Waals surface area contributed by atoms with Gasteiger partial charge in [-0.1, -0.05) is 17.7 Å². The SMILES string of the molecule is CC(=O)Oc1ccc(N2C(=O)CC(N(C(=O)c3ccc(C)cc3)C3CC3)C2=O)cc1. The van der Waals surface area contributed by atoms with Gasteiger partial charge in [0, 0.05) is 18.5 Å². The van der Waals surface area contributed by atoms with E-state index in [1.807, 2.05) is 19.1 Å². The summed E-state index contributed by atoms with van der Waals surface area (Å²) in [5.74, 6) is -1.11. The van der Waals surface area contributed by atoms with E-state index in [0.29, 0.717) is 17.0 Å². The van der Waals surface area contributed by atoms with Crippen LogP contribution in [0, 0.1) is 6.92 Å². The number of anilines is 1. The standard InChI is InChI=1S/C23H22N2O5/c1-14-3-5-16(6-4-14)22(28)24(17-7-8-17)20-13-21(27)25(23(20)29)18-9-11-19(12-10-18)30-15(2)26/h3-6,9-12,17,20H,7-8,13H2,1-2H3. The number of carbonyl (C=O) groups is 4. The third-order valence-corrected chi connectivity index (χ3v) is 5.29. The van der Waals surface area contributed by atoms with Crippen LogP contribution < -0.4 is 9.64 Å². The topological polar surface area (TPSA) is 84.0 Å². The number of benzene rings is 2.